The van der Waals surface area contributed by atoms with Crippen LogP contribution in [0.3, 0.4) is 0 Å². The van der Waals surface area contributed by atoms with Crippen molar-refractivity contribution >= 4 is 22.6 Å². The maximum Gasteiger partial charge on any atom is 0.417 e. The van der Waals surface area contributed by atoms with Crippen molar-refractivity contribution in [2.24, 2.45) is 4.99 Å². The summed E-state index contributed by atoms with van der Waals surface area (Å²) in [5.74, 6) is 0. The Hall–Kier alpha value is -1.88. The van der Waals surface area contributed by atoms with Crippen LogP contribution in [0.25, 0.3) is 0 Å². The van der Waals surface area contributed by atoms with Crippen LogP contribution in [-0.2, 0) is 6.18 Å². The predicted octanol–water partition coefficient (Wildman–Crippen LogP) is 3.19. The Bertz CT molecular complexity index is 688. The second kappa shape index (κ2) is 6.55. The van der Waals surface area contributed by atoms with Crippen LogP contribution in [0.5, 0.6) is 0 Å². The first-order chi connectivity index (χ1) is 11.4. The molecular weight excluding hydrogens is 337 g/mol. The lowest BCUT2D eigenvalue weighted by molar-refractivity contribution is -0.137. The third-order valence-electron chi connectivity index (χ3n) is 4.13. The topological polar surface area (TPSA) is 42.6 Å². The molecule has 0 aromatic heterocycles. The van der Waals surface area contributed by atoms with E-state index >= 15 is 0 Å². The summed E-state index contributed by atoms with van der Waals surface area (Å²) in [6, 6.07) is 5.44. The van der Waals surface area contributed by atoms with Crippen LogP contribution in [0.4, 0.5) is 18.9 Å². The summed E-state index contributed by atoms with van der Waals surface area (Å²) in [6.07, 6.45) is -4.50. The fraction of sp³-hybridized carbons (Fsp3) is 0.500. The minimum atomic E-state index is -4.50. The van der Waals surface area contributed by atoms with Crippen molar-refractivity contribution < 1.29 is 13.2 Å². The molecule has 3 rings (SSSR count). The Labute approximate surface area is 142 Å². The number of nitriles is 1. The number of halogens is 3. The number of aliphatic imine (C=N–C) groups is 1. The summed E-state index contributed by atoms with van der Waals surface area (Å²) >= 11 is 1.77. The first kappa shape index (κ1) is 17.0. The first-order valence-electron chi connectivity index (χ1n) is 7.71. The maximum absolute atomic E-state index is 12.9. The fourth-order valence-electron chi connectivity index (χ4n) is 2.86. The van der Waals surface area contributed by atoms with Crippen LogP contribution in [0.15, 0.2) is 23.2 Å². The normalized spacial score (nSPS) is 21.6. The molecular formula is C16H17F3N4S. The van der Waals surface area contributed by atoms with Gasteiger partial charge in [0.15, 0.2) is 5.17 Å². The molecule has 1 fully saturated rings. The standard InChI is InChI=1S/C16H17F3N4S/c1-11-10-21-15(24-11)23-6-4-22(5-7-23)13-2-3-14(16(17,18)19)12(8-13)9-20/h2-3,8,11H,4-7,10H2,1H3/t11-/m1/s1. The highest BCUT2D eigenvalue weighted by Gasteiger charge is 2.34. The number of nitrogens with zero attached hydrogens (tertiary/aromatic N) is 4. The molecule has 128 valence electrons. The lowest BCUT2D eigenvalue weighted by Gasteiger charge is -2.37. The minimum absolute atomic E-state index is 0.327. The van der Waals surface area contributed by atoms with Crippen molar-refractivity contribution in [2.75, 3.05) is 37.6 Å². The summed E-state index contributed by atoms with van der Waals surface area (Å²) in [5.41, 5.74) is -0.543. The van der Waals surface area contributed by atoms with Gasteiger partial charge in [-0.3, -0.25) is 4.99 Å². The zero-order valence-electron chi connectivity index (χ0n) is 13.2. The Kier molecular flexibility index (Phi) is 4.63. The molecule has 0 N–H and O–H groups in total. The van der Waals surface area contributed by atoms with Crippen molar-refractivity contribution in [2.45, 2.75) is 18.3 Å². The second-order valence-corrected chi connectivity index (χ2v) is 7.27. The molecule has 0 spiro atoms. The van der Waals surface area contributed by atoms with Gasteiger partial charge in [0.2, 0.25) is 0 Å². The van der Waals surface area contributed by atoms with Gasteiger partial charge in [0, 0.05) is 37.1 Å². The van der Waals surface area contributed by atoms with Crippen molar-refractivity contribution in [1.82, 2.24) is 4.90 Å². The van der Waals surface area contributed by atoms with Gasteiger partial charge in [0.05, 0.1) is 23.7 Å². The largest absolute Gasteiger partial charge is 0.417 e. The first-order valence-corrected chi connectivity index (χ1v) is 8.59. The molecule has 0 bridgehead atoms. The number of piperazine rings is 1. The highest BCUT2D eigenvalue weighted by atomic mass is 32.2. The highest BCUT2D eigenvalue weighted by Crippen LogP contribution is 2.34. The molecule has 1 aromatic rings. The van der Waals surface area contributed by atoms with Crippen LogP contribution in [0, 0.1) is 11.3 Å². The van der Waals surface area contributed by atoms with Gasteiger partial charge in [-0.25, -0.2) is 0 Å². The van der Waals surface area contributed by atoms with Gasteiger partial charge >= 0.3 is 6.18 Å². The average Bonchev–Trinajstić information content (AvgIpc) is 3.00. The third-order valence-corrected chi connectivity index (χ3v) is 5.28. The fourth-order valence-corrected chi connectivity index (χ4v) is 3.85. The van der Waals surface area contributed by atoms with Crippen molar-refractivity contribution in [3.63, 3.8) is 0 Å². The van der Waals surface area contributed by atoms with E-state index in [1.165, 1.54) is 12.1 Å². The van der Waals surface area contributed by atoms with Gasteiger partial charge in [-0.2, -0.15) is 18.4 Å². The zero-order chi connectivity index (χ0) is 17.3. The Balaban J connectivity index is 1.70. The molecule has 0 saturated carbocycles. The summed E-state index contributed by atoms with van der Waals surface area (Å²) in [5, 5.41) is 10.6. The molecule has 24 heavy (non-hydrogen) atoms. The maximum atomic E-state index is 12.9. The van der Waals surface area contributed by atoms with E-state index in [0.29, 0.717) is 24.0 Å². The van der Waals surface area contributed by atoms with Gasteiger partial charge < -0.3 is 9.80 Å². The molecule has 1 atom stereocenters. The van der Waals surface area contributed by atoms with Crippen LogP contribution in [-0.4, -0.2) is 48.0 Å². The number of benzene rings is 1. The van der Waals surface area contributed by atoms with E-state index in [0.717, 1.165) is 30.9 Å². The van der Waals surface area contributed by atoms with E-state index < -0.39 is 11.7 Å². The lowest BCUT2D eigenvalue weighted by Crippen LogP contribution is -2.48. The van der Waals surface area contributed by atoms with Crippen molar-refractivity contribution in [3.8, 4) is 6.07 Å². The van der Waals surface area contributed by atoms with E-state index in [-0.39, 0.29) is 5.56 Å². The summed E-state index contributed by atoms with van der Waals surface area (Å²) in [6.45, 7) is 5.94. The lowest BCUT2D eigenvalue weighted by atomic mass is 10.1. The van der Waals surface area contributed by atoms with E-state index in [2.05, 4.69) is 16.8 Å². The molecule has 2 aliphatic rings. The minimum Gasteiger partial charge on any atom is -0.368 e. The molecule has 0 unspecified atom stereocenters. The molecule has 4 nitrogen and oxygen atoms in total. The number of hydrogen-bond acceptors (Lipinski definition) is 5. The highest BCUT2D eigenvalue weighted by molar-refractivity contribution is 8.14. The molecule has 0 radical (unpaired) electrons. The van der Waals surface area contributed by atoms with Crippen LogP contribution in [0.1, 0.15) is 18.1 Å². The monoisotopic (exact) mass is 354 g/mol. The predicted molar refractivity (Wildman–Crippen MR) is 89.3 cm³/mol. The SMILES string of the molecule is C[C@@H]1CN=C(N2CCN(c3ccc(C(F)(F)F)c(C#N)c3)CC2)S1. The molecule has 0 aliphatic carbocycles. The van der Waals surface area contributed by atoms with Crippen LogP contribution < -0.4 is 4.90 Å². The van der Waals surface area contributed by atoms with Crippen LogP contribution >= 0.6 is 11.8 Å². The number of thioether (sulfide) groups is 1. The molecule has 1 aromatic carbocycles. The summed E-state index contributed by atoms with van der Waals surface area (Å²) in [7, 11) is 0. The van der Waals surface area contributed by atoms with E-state index in [4.69, 9.17) is 5.26 Å². The molecule has 1 saturated heterocycles. The molecule has 0 amide bonds. The number of rotatable bonds is 1. The Morgan fingerprint density at radius 1 is 1.21 bits per heavy atom. The van der Waals surface area contributed by atoms with Crippen molar-refractivity contribution in [1.29, 1.82) is 5.26 Å². The zero-order valence-corrected chi connectivity index (χ0v) is 14.0. The number of amidine groups is 1. The molecule has 2 aliphatic heterocycles. The van der Waals surface area contributed by atoms with Gasteiger partial charge in [0.25, 0.3) is 0 Å². The van der Waals surface area contributed by atoms with E-state index in [1.54, 1.807) is 17.8 Å². The molecule has 8 heteroatoms. The average molecular weight is 354 g/mol. The van der Waals surface area contributed by atoms with Gasteiger partial charge in [-0.15, -0.1) is 0 Å². The Morgan fingerprint density at radius 3 is 2.42 bits per heavy atom. The quantitative estimate of drug-likeness (QED) is 0.777. The summed E-state index contributed by atoms with van der Waals surface area (Å²) < 4.78 is 38.6. The van der Waals surface area contributed by atoms with Gasteiger partial charge in [0.1, 0.15) is 0 Å². The van der Waals surface area contributed by atoms with E-state index in [9.17, 15) is 13.2 Å². The van der Waals surface area contributed by atoms with E-state index in [1.807, 2.05) is 4.90 Å². The van der Waals surface area contributed by atoms with Crippen molar-refractivity contribution in [3.05, 3.63) is 29.3 Å². The second-order valence-electron chi connectivity index (χ2n) is 5.87. The number of alkyl halides is 3. The number of anilines is 1. The van der Waals surface area contributed by atoms with Gasteiger partial charge in [-0.05, 0) is 18.2 Å². The van der Waals surface area contributed by atoms with Crippen LogP contribution in [0.2, 0.25) is 0 Å². The van der Waals surface area contributed by atoms with Gasteiger partial charge in [-0.1, -0.05) is 18.7 Å². The smallest absolute Gasteiger partial charge is 0.368 e. The Morgan fingerprint density at radius 2 is 1.88 bits per heavy atom. The third kappa shape index (κ3) is 3.46. The summed E-state index contributed by atoms with van der Waals surface area (Å²) in [4.78, 5) is 8.76. The molecule has 2 heterocycles. The number of hydrogen-bond donors (Lipinski definition) is 0.